The molecule has 0 aromatic heterocycles. The molecule has 3 atom stereocenters. The van der Waals surface area contributed by atoms with Crippen molar-refractivity contribution in [3.63, 3.8) is 0 Å². The maximum atomic E-state index is 13.7. The van der Waals surface area contributed by atoms with E-state index in [4.69, 9.17) is 9.47 Å². The van der Waals surface area contributed by atoms with E-state index in [0.717, 1.165) is 5.75 Å². The van der Waals surface area contributed by atoms with Gasteiger partial charge in [0, 0.05) is 40.3 Å². The Bertz CT molecular complexity index is 1120. The number of hydrogen-bond donors (Lipinski definition) is 1. The zero-order chi connectivity index (χ0) is 25.9. The van der Waals surface area contributed by atoms with Crippen LogP contribution in [0.1, 0.15) is 44.2 Å². The molecule has 188 valence electrons. The minimum atomic E-state index is -1.03. The molecule has 9 nitrogen and oxygen atoms in total. The first kappa shape index (κ1) is 26.5. The minimum Gasteiger partial charge on any atom is -0.468 e. The molecule has 3 rings (SSSR count). The molecule has 0 saturated carbocycles. The quantitative estimate of drug-likeness (QED) is 0.186. The molecule has 0 spiro atoms. The second-order valence-electron chi connectivity index (χ2n) is 8.67. The molecule has 1 N–H and O–H groups in total. The largest absolute Gasteiger partial charge is 0.468 e. The van der Waals surface area contributed by atoms with Crippen LogP contribution >= 0.6 is 11.8 Å². The molecule has 0 saturated heterocycles. The van der Waals surface area contributed by atoms with E-state index in [9.17, 15) is 24.5 Å². The van der Waals surface area contributed by atoms with Crippen LogP contribution in [0.3, 0.4) is 0 Å². The molecule has 1 aliphatic heterocycles. The number of aryl methyl sites for hydroxylation is 1. The standard InChI is InChI=1S/C25H30N2O7S/c1-6-35-10-9-34-25(30)20-15(4)26-17-11-14(3)19(24(29)33-5)23(28)22(17)21(20)16-8-7-13(2)18(12-16)27(31)32/h7-8,12,14,19,21,26H,6,9-11H2,1-5H3/t14-,19+,21+/m0/s1. The van der Waals surface area contributed by atoms with Gasteiger partial charge in [-0.15, -0.1) is 0 Å². The summed E-state index contributed by atoms with van der Waals surface area (Å²) in [4.78, 5) is 50.6. The van der Waals surface area contributed by atoms with Crippen molar-refractivity contribution >= 4 is 35.2 Å². The van der Waals surface area contributed by atoms with Crippen molar-refractivity contribution < 1.29 is 28.8 Å². The number of nitrogens with one attached hydrogen (secondary N) is 1. The summed E-state index contributed by atoms with van der Waals surface area (Å²) in [5.74, 6) is -2.45. The highest BCUT2D eigenvalue weighted by atomic mass is 32.2. The Labute approximate surface area is 208 Å². The van der Waals surface area contributed by atoms with Crippen molar-refractivity contribution in [3.05, 3.63) is 62.0 Å². The van der Waals surface area contributed by atoms with Crippen LogP contribution in [0.4, 0.5) is 5.69 Å². The third-order valence-corrected chi connectivity index (χ3v) is 7.25. The van der Waals surface area contributed by atoms with Crippen LogP contribution in [-0.2, 0) is 23.9 Å². The monoisotopic (exact) mass is 502 g/mol. The minimum absolute atomic E-state index is 0.117. The zero-order valence-electron chi connectivity index (χ0n) is 20.5. The molecule has 0 unspecified atom stereocenters. The fraction of sp³-hybridized carbons (Fsp3) is 0.480. The molecule has 10 heteroatoms. The third-order valence-electron chi connectivity index (χ3n) is 6.39. The Balaban J connectivity index is 2.15. The average Bonchev–Trinajstić information content (AvgIpc) is 2.80. The lowest BCUT2D eigenvalue weighted by atomic mass is 9.69. The molecule has 1 aliphatic carbocycles. The summed E-state index contributed by atoms with van der Waals surface area (Å²) in [5, 5.41) is 14.8. The predicted octanol–water partition coefficient (Wildman–Crippen LogP) is 3.81. The van der Waals surface area contributed by atoms with Gasteiger partial charge in [-0.2, -0.15) is 11.8 Å². The number of thioether (sulfide) groups is 1. The van der Waals surface area contributed by atoms with Crippen molar-refractivity contribution in [1.29, 1.82) is 0 Å². The number of allylic oxidation sites excluding steroid dienone is 3. The second-order valence-corrected chi connectivity index (χ2v) is 10.1. The van der Waals surface area contributed by atoms with Gasteiger partial charge < -0.3 is 14.8 Å². The lowest BCUT2D eigenvalue weighted by Gasteiger charge is -2.38. The summed E-state index contributed by atoms with van der Waals surface area (Å²) >= 11 is 1.63. The Kier molecular flexibility index (Phi) is 8.37. The molecule has 1 aromatic carbocycles. The van der Waals surface area contributed by atoms with Crippen molar-refractivity contribution in [3.8, 4) is 0 Å². The Morgan fingerprint density at radius 3 is 2.63 bits per heavy atom. The summed E-state index contributed by atoms with van der Waals surface area (Å²) in [5.41, 5.74) is 2.32. The first-order chi connectivity index (χ1) is 16.6. The number of esters is 2. The zero-order valence-corrected chi connectivity index (χ0v) is 21.3. The van der Waals surface area contributed by atoms with Crippen LogP contribution in [0.15, 0.2) is 40.7 Å². The number of nitro groups is 1. The van der Waals surface area contributed by atoms with Gasteiger partial charge in [-0.1, -0.05) is 26.0 Å². The van der Waals surface area contributed by atoms with Gasteiger partial charge in [0.1, 0.15) is 12.5 Å². The highest BCUT2D eigenvalue weighted by Gasteiger charge is 2.47. The van der Waals surface area contributed by atoms with Crippen molar-refractivity contribution in [2.45, 2.75) is 40.0 Å². The maximum absolute atomic E-state index is 13.7. The Morgan fingerprint density at radius 1 is 1.29 bits per heavy atom. The summed E-state index contributed by atoms with van der Waals surface area (Å²) in [7, 11) is 1.23. The number of ketones is 1. The van der Waals surface area contributed by atoms with Crippen LogP contribution in [0.2, 0.25) is 0 Å². The van der Waals surface area contributed by atoms with Crippen LogP contribution in [0.25, 0.3) is 0 Å². The molecule has 1 heterocycles. The van der Waals surface area contributed by atoms with E-state index in [2.05, 4.69) is 5.32 Å². The van der Waals surface area contributed by atoms with Gasteiger partial charge in [0.25, 0.3) is 5.69 Å². The first-order valence-corrected chi connectivity index (χ1v) is 12.6. The van der Waals surface area contributed by atoms with Gasteiger partial charge in [-0.25, -0.2) is 4.79 Å². The Morgan fingerprint density at radius 2 is 2.00 bits per heavy atom. The van der Waals surface area contributed by atoms with E-state index in [1.807, 2.05) is 6.92 Å². The third kappa shape index (κ3) is 5.27. The number of rotatable bonds is 8. The van der Waals surface area contributed by atoms with E-state index in [1.54, 1.807) is 44.7 Å². The summed E-state index contributed by atoms with van der Waals surface area (Å²) in [6, 6.07) is 4.66. The normalized spacial score (nSPS) is 21.9. The smallest absolute Gasteiger partial charge is 0.336 e. The van der Waals surface area contributed by atoms with Gasteiger partial charge in [0.2, 0.25) is 0 Å². The summed E-state index contributed by atoms with van der Waals surface area (Å²) < 4.78 is 10.4. The molecule has 0 fully saturated rings. The van der Waals surface area contributed by atoms with Crippen LogP contribution < -0.4 is 5.32 Å². The summed E-state index contributed by atoms with van der Waals surface area (Å²) in [6.45, 7) is 7.34. The van der Waals surface area contributed by atoms with E-state index in [0.29, 0.717) is 34.7 Å². The van der Waals surface area contributed by atoms with Crippen LogP contribution in [-0.4, -0.2) is 47.9 Å². The number of dihydropyridines is 1. The number of carbonyl (C=O) groups excluding carboxylic acids is 3. The molecule has 1 aromatic rings. The van der Waals surface area contributed by atoms with Crippen molar-refractivity contribution in [2.75, 3.05) is 25.2 Å². The van der Waals surface area contributed by atoms with Gasteiger partial charge in [-0.05, 0) is 37.5 Å². The van der Waals surface area contributed by atoms with Gasteiger partial charge in [-0.3, -0.25) is 19.7 Å². The van der Waals surface area contributed by atoms with Crippen LogP contribution in [0, 0.1) is 28.9 Å². The number of ether oxygens (including phenoxy) is 2. The molecule has 2 aliphatic rings. The second kappa shape index (κ2) is 11.1. The van der Waals surface area contributed by atoms with E-state index >= 15 is 0 Å². The average molecular weight is 503 g/mol. The fourth-order valence-electron chi connectivity index (χ4n) is 4.70. The van der Waals surface area contributed by atoms with Gasteiger partial charge in [0.05, 0.1) is 17.6 Å². The molecular formula is C25H30N2O7S. The highest BCUT2D eigenvalue weighted by Crippen LogP contribution is 2.46. The number of carbonyl (C=O) groups is 3. The number of nitrogens with zero attached hydrogens (tertiary/aromatic N) is 1. The lowest BCUT2D eigenvalue weighted by molar-refractivity contribution is -0.385. The predicted molar refractivity (Wildman–Crippen MR) is 132 cm³/mol. The van der Waals surface area contributed by atoms with Crippen molar-refractivity contribution in [1.82, 2.24) is 5.32 Å². The van der Waals surface area contributed by atoms with Gasteiger partial charge >= 0.3 is 11.9 Å². The van der Waals surface area contributed by atoms with Crippen molar-refractivity contribution in [2.24, 2.45) is 11.8 Å². The number of Topliss-reactive ketones (excluding diaryl/α,β-unsaturated/α-hetero) is 1. The van der Waals surface area contributed by atoms with E-state index in [-0.39, 0.29) is 29.4 Å². The molecular weight excluding hydrogens is 472 g/mol. The van der Waals surface area contributed by atoms with Gasteiger partial charge in [0.15, 0.2) is 5.78 Å². The first-order valence-electron chi connectivity index (χ1n) is 11.4. The van der Waals surface area contributed by atoms with E-state index in [1.165, 1.54) is 13.2 Å². The Hall–Kier alpha value is -3.14. The fourth-order valence-corrected chi connectivity index (χ4v) is 5.19. The SMILES string of the molecule is CCSCCOC(=O)C1=C(C)NC2=C(C(=O)[C@H](C(=O)OC)[C@@H](C)C2)[C@@H]1c1ccc(C)c([N+](=O)[O-])c1. The highest BCUT2D eigenvalue weighted by molar-refractivity contribution is 7.99. The molecule has 0 bridgehead atoms. The number of methoxy groups -OCH3 is 1. The molecule has 0 radical (unpaired) electrons. The molecule has 0 amide bonds. The van der Waals surface area contributed by atoms with Crippen LogP contribution in [0.5, 0.6) is 0 Å². The lowest BCUT2D eigenvalue weighted by Crippen LogP contribution is -2.43. The summed E-state index contributed by atoms with van der Waals surface area (Å²) in [6.07, 6.45) is 0.387. The number of benzene rings is 1. The topological polar surface area (TPSA) is 125 Å². The number of nitro benzene ring substituents is 1. The number of hydrogen-bond acceptors (Lipinski definition) is 9. The molecule has 35 heavy (non-hydrogen) atoms. The van der Waals surface area contributed by atoms with E-state index < -0.39 is 34.5 Å². The maximum Gasteiger partial charge on any atom is 0.336 e.